The second-order valence-corrected chi connectivity index (χ2v) is 8.14. The molecule has 1 atom stereocenters. The summed E-state index contributed by atoms with van der Waals surface area (Å²) in [6.45, 7) is 6.00. The highest BCUT2D eigenvalue weighted by Crippen LogP contribution is 2.31. The molecule has 1 aliphatic heterocycles. The van der Waals surface area contributed by atoms with Gasteiger partial charge in [-0.2, -0.15) is 0 Å². The first kappa shape index (κ1) is 19.5. The zero-order valence-electron chi connectivity index (χ0n) is 16.7. The van der Waals surface area contributed by atoms with Crippen molar-refractivity contribution >= 4 is 22.9 Å². The smallest absolute Gasteiger partial charge is 0.265 e. The monoisotopic (exact) mass is 407 g/mol. The summed E-state index contributed by atoms with van der Waals surface area (Å²) in [6.07, 6.45) is 0.949. The molecule has 5 nitrogen and oxygen atoms in total. The Morgan fingerprint density at radius 3 is 2.69 bits per heavy atom. The summed E-state index contributed by atoms with van der Waals surface area (Å²) in [5.74, 6) is 0.921. The number of nitrogens with one attached hydrogen (secondary N) is 1. The number of rotatable bonds is 6. The highest BCUT2D eigenvalue weighted by molar-refractivity contribution is 7.17. The van der Waals surface area contributed by atoms with E-state index in [1.54, 1.807) is 0 Å². The molecular weight excluding hydrogens is 382 g/mol. The van der Waals surface area contributed by atoms with E-state index in [1.165, 1.54) is 11.3 Å². The van der Waals surface area contributed by atoms with E-state index >= 15 is 0 Å². The maximum Gasteiger partial charge on any atom is 0.265 e. The molecule has 1 saturated heterocycles. The quantitative estimate of drug-likeness (QED) is 0.635. The SMILES string of the molecule is CCOc1ccc(-c2nc(C)c(C(=O)N3CCC(Nc4ccccc4)C3)s2)cc1. The molecule has 1 aromatic heterocycles. The highest BCUT2D eigenvalue weighted by Gasteiger charge is 2.29. The highest BCUT2D eigenvalue weighted by atomic mass is 32.1. The van der Waals surface area contributed by atoms with E-state index in [9.17, 15) is 4.79 Å². The Hall–Kier alpha value is -2.86. The molecule has 0 radical (unpaired) electrons. The molecule has 2 aromatic carbocycles. The molecule has 4 rings (SSSR count). The topological polar surface area (TPSA) is 54.5 Å². The second kappa shape index (κ2) is 8.66. The van der Waals surface area contributed by atoms with Crippen LogP contribution in [0.2, 0.25) is 0 Å². The third-order valence-electron chi connectivity index (χ3n) is 5.02. The van der Waals surface area contributed by atoms with Crippen molar-refractivity contribution < 1.29 is 9.53 Å². The van der Waals surface area contributed by atoms with Crippen molar-refractivity contribution in [3.8, 4) is 16.3 Å². The van der Waals surface area contributed by atoms with Gasteiger partial charge in [-0.15, -0.1) is 11.3 Å². The zero-order chi connectivity index (χ0) is 20.2. The fourth-order valence-corrected chi connectivity index (χ4v) is 4.59. The van der Waals surface area contributed by atoms with Gasteiger partial charge in [-0.25, -0.2) is 4.98 Å². The summed E-state index contributed by atoms with van der Waals surface area (Å²) in [4.78, 5) is 20.4. The van der Waals surface area contributed by atoms with Gasteiger partial charge in [0, 0.05) is 30.4 Å². The zero-order valence-corrected chi connectivity index (χ0v) is 17.5. The van der Waals surface area contributed by atoms with Gasteiger partial charge in [0.15, 0.2) is 0 Å². The first-order valence-electron chi connectivity index (χ1n) is 9.95. The first-order valence-corrected chi connectivity index (χ1v) is 10.8. The summed E-state index contributed by atoms with van der Waals surface area (Å²) in [7, 11) is 0. The van der Waals surface area contributed by atoms with Gasteiger partial charge in [-0.3, -0.25) is 4.79 Å². The maximum absolute atomic E-state index is 13.1. The molecule has 6 heteroatoms. The van der Waals surface area contributed by atoms with Crippen LogP contribution in [0.4, 0.5) is 5.69 Å². The van der Waals surface area contributed by atoms with Crippen molar-refractivity contribution in [1.82, 2.24) is 9.88 Å². The standard InChI is InChI=1S/C23H25N3O2S/c1-3-28-20-11-9-17(10-12-20)22-24-16(2)21(29-22)23(27)26-14-13-19(15-26)25-18-7-5-4-6-8-18/h4-12,19,25H,3,13-15H2,1-2H3. The number of hydrogen-bond donors (Lipinski definition) is 1. The number of para-hydroxylation sites is 1. The number of anilines is 1. The first-order chi connectivity index (χ1) is 14.1. The minimum absolute atomic E-state index is 0.0783. The van der Waals surface area contributed by atoms with Crippen LogP contribution in [0.5, 0.6) is 5.75 Å². The fourth-order valence-electron chi connectivity index (χ4n) is 3.55. The molecule has 0 aliphatic carbocycles. The van der Waals surface area contributed by atoms with E-state index < -0.39 is 0 Å². The van der Waals surface area contributed by atoms with E-state index in [2.05, 4.69) is 22.4 Å². The number of thiazole rings is 1. The molecule has 1 aliphatic rings. The number of benzene rings is 2. The molecule has 1 N–H and O–H groups in total. The molecule has 1 amide bonds. The molecule has 29 heavy (non-hydrogen) atoms. The number of hydrogen-bond acceptors (Lipinski definition) is 5. The van der Waals surface area contributed by atoms with Crippen molar-refractivity contribution in [2.45, 2.75) is 26.3 Å². The predicted molar refractivity (Wildman–Crippen MR) is 118 cm³/mol. The minimum atomic E-state index is 0.0783. The van der Waals surface area contributed by atoms with Crippen molar-refractivity contribution in [3.63, 3.8) is 0 Å². The van der Waals surface area contributed by atoms with Gasteiger partial charge in [0.1, 0.15) is 15.6 Å². The Morgan fingerprint density at radius 2 is 1.97 bits per heavy atom. The Bertz CT molecular complexity index is 970. The van der Waals surface area contributed by atoms with Crippen molar-refractivity contribution in [2.24, 2.45) is 0 Å². The van der Waals surface area contributed by atoms with Gasteiger partial charge in [0.2, 0.25) is 0 Å². The number of ether oxygens (including phenoxy) is 1. The minimum Gasteiger partial charge on any atom is -0.494 e. The van der Waals surface area contributed by atoms with E-state index in [4.69, 9.17) is 4.74 Å². The Labute approximate surface area is 175 Å². The summed E-state index contributed by atoms with van der Waals surface area (Å²) >= 11 is 1.47. The van der Waals surface area contributed by atoms with Crippen LogP contribution >= 0.6 is 11.3 Å². The lowest BCUT2D eigenvalue weighted by atomic mass is 10.2. The van der Waals surface area contributed by atoms with Crippen molar-refractivity contribution in [2.75, 3.05) is 25.0 Å². The number of likely N-dealkylation sites (tertiary alicyclic amines) is 1. The number of carbonyl (C=O) groups is 1. The van der Waals surface area contributed by atoms with Gasteiger partial charge in [-0.05, 0) is 56.7 Å². The number of nitrogens with zero attached hydrogens (tertiary/aromatic N) is 2. The third kappa shape index (κ3) is 4.43. The van der Waals surface area contributed by atoms with Crippen LogP contribution in [0.1, 0.15) is 28.7 Å². The number of aryl methyl sites for hydroxylation is 1. The number of carbonyl (C=O) groups excluding carboxylic acids is 1. The lowest BCUT2D eigenvalue weighted by molar-refractivity contribution is 0.0795. The third-order valence-corrected chi connectivity index (χ3v) is 6.22. The molecule has 0 spiro atoms. The molecule has 2 heterocycles. The molecular formula is C23H25N3O2S. The normalized spacial score (nSPS) is 16.1. The average molecular weight is 408 g/mol. The molecule has 3 aromatic rings. The van der Waals surface area contributed by atoms with Crippen LogP contribution in [0.25, 0.3) is 10.6 Å². The summed E-state index contributed by atoms with van der Waals surface area (Å²) in [6, 6.07) is 18.3. The fraction of sp³-hybridized carbons (Fsp3) is 0.304. The molecule has 0 saturated carbocycles. The van der Waals surface area contributed by atoms with Crippen LogP contribution < -0.4 is 10.1 Å². The molecule has 0 bridgehead atoms. The summed E-state index contributed by atoms with van der Waals surface area (Å²) in [5.41, 5.74) is 2.90. The number of amides is 1. The van der Waals surface area contributed by atoms with Gasteiger partial charge in [0.25, 0.3) is 5.91 Å². The van der Waals surface area contributed by atoms with E-state index in [0.717, 1.165) is 45.5 Å². The van der Waals surface area contributed by atoms with Crippen molar-refractivity contribution in [1.29, 1.82) is 0 Å². The Morgan fingerprint density at radius 1 is 1.21 bits per heavy atom. The van der Waals surface area contributed by atoms with Crippen LogP contribution in [0.15, 0.2) is 54.6 Å². The van der Waals surface area contributed by atoms with Gasteiger partial charge >= 0.3 is 0 Å². The van der Waals surface area contributed by atoms with E-state index in [-0.39, 0.29) is 11.9 Å². The Balaban J connectivity index is 1.44. The van der Waals surface area contributed by atoms with Crippen LogP contribution in [0, 0.1) is 6.92 Å². The van der Waals surface area contributed by atoms with Gasteiger partial charge in [0.05, 0.1) is 12.3 Å². The molecule has 1 fully saturated rings. The maximum atomic E-state index is 13.1. The Kier molecular flexibility index (Phi) is 5.81. The predicted octanol–water partition coefficient (Wildman–Crippen LogP) is 4.84. The largest absolute Gasteiger partial charge is 0.494 e. The lowest BCUT2D eigenvalue weighted by Crippen LogP contribution is -2.31. The second-order valence-electron chi connectivity index (χ2n) is 7.14. The van der Waals surface area contributed by atoms with Crippen LogP contribution in [-0.4, -0.2) is 41.5 Å². The summed E-state index contributed by atoms with van der Waals surface area (Å²) in [5, 5.41) is 4.39. The molecule has 1 unspecified atom stereocenters. The van der Waals surface area contributed by atoms with Gasteiger partial charge < -0.3 is 15.0 Å². The lowest BCUT2D eigenvalue weighted by Gasteiger charge is -2.17. The van der Waals surface area contributed by atoms with Crippen LogP contribution in [0.3, 0.4) is 0 Å². The van der Waals surface area contributed by atoms with Crippen molar-refractivity contribution in [3.05, 3.63) is 65.2 Å². The van der Waals surface area contributed by atoms with E-state index in [0.29, 0.717) is 13.2 Å². The molecule has 150 valence electrons. The summed E-state index contributed by atoms with van der Waals surface area (Å²) < 4.78 is 5.50. The van der Waals surface area contributed by atoms with Gasteiger partial charge in [-0.1, -0.05) is 18.2 Å². The average Bonchev–Trinajstić information content (AvgIpc) is 3.36. The van der Waals surface area contributed by atoms with E-state index in [1.807, 2.05) is 61.2 Å². The van der Waals surface area contributed by atoms with Crippen LogP contribution in [-0.2, 0) is 0 Å². The number of aromatic nitrogens is 1.